The molecule has 0 aromatic carbocycles. The number of piperazine rings is 1. The molecule has 4 nitrogen and oxygen atoms in total. The lowest BCUT2D eigenvalue weighted by molar-refractivity contribution is 0.0895. The fraction of sp³-hybridized carbons (Fsp3) is 1.00. The van der Waals surface area contributed by atoms with E-state index in [2.05, 4.69) is 35.9 Å². The Hall–Kier alpha value is -0.160. The average molecular weight is 269 g/mol. The molecule has 0 aromatic heterocycles. The standard InChI is InChI=1S/C15H31N3O/c1-4-17-7-9-18(10-8-17)14-5-6-15(11-14,12-19)16-13(2)3/h13-14,16,19H,4-12H2,1-3H3. The van der Waals surface area contributed by atoms with E-state index in [4.69, 9.17) is 0 Å². The largest absolute Gasteiger partial charge is 0.394 e. The van der Waals surface area contributed by atoms with Crippen LogP contribution in [0.2, 0.25) is 0 Å². The zero-order valence-electron chi connectivity index (χ0n) is 12.9. The van der Waals surface area contributed by atoms with E-state index in [0.717, 1.165) is 12.8 Å². The van der Waals surface area contributed by atoms with Crippen LogP contribution in [-0.2, 0) is 0 Å². The van der Waals surface area contributed by atoms with Gasteiger partial charge in [-0.3, -0.25) is 4.90 Å². The molecule has 0 amide bonds. The van der Waals surface area contributed by atoms with Crippen molar-refractivity contribution in [2.45, 2.75) is 57.7 Å². The summed E-state index contributed by atoms with van der Waals surface area (Å²) in [6.45, 7) is 12.8. The van der Waals surface area contributed by atoms with Crippen LogP contribution in [-0.4, -0.2) is 71.9 Å². The van der Waals surface area contributed by atoms with Gasteiger partial charge in [-0.2, -0.15) is 0 Å². The van der Waals surface area contributed by atoms with Crippen molar-refractivity contribution < 1.29 is 5.11 Å². The summed E-state index contributed by atoms with van der Waals surface area (Å²) >= 11 is 0. The minimum atomic E-state index is -0.0271. The third-order valence-electron chi connectivity index (χ3n) is 4.85. The zero-order valence-corrected chi connectivity index (χ0v) is 12.9. The van der Waals surface area contributed by atoms with Gasteiger partial charge in [-0.1, -0.05) is 20.8 Å². The van der Waals surface area contributed by atoms with Gasteiger partial charge in [0.1, 0.15) is 0 Å². The maximum atomic E-state index is 9.77. The lowest BCUT2D eigenvalue weighted by Gasteiger charge is -2.39. The van der Waals surface area contributed by atoms with Crippen LogP contribution in [0.3, 0.4) is 0 Å². The second-order valence-corrected chi connectivity index (χ2v) is 6.60. The quantitative estimate of drug-likeness (QED) is 0.778. The van der Waals surface area contributed by atoms with E-state index >= 15 is 0 Å². The molecule has 112 valence electrons. The topological polar surface area (TPSA) is 38.7 Å². The molecule has 1 aliphatic carbocycles. The number of rotatable bonds is 5. The molecule has 19 heavy (non-hydrogen) atoms. The highest BCUT2D eigenvalue weighted by molar-refractivity contribution is 5.00. The number of likely N-dealkylation sites (N-methyl/N-ethyl adjacent to an activating group) is 1. The van der Waals surface area contributed by atoms with Crippen LogP contribution in [0.1, 0.15) is 40.0 Å². The van der Waals surface area contributed by atoms with Crippen LogP contribution in [0.15, 0.2) is 0 Å². The van der Waals surface area contributed by atoms with Gasteiger partial charge in [0, 0.05) is 43.8 Å². The highest BCUT2D eigenvalue weighted by Gasteiger charge is 2.41. The second kappa shape index (κ2) is 6.53. The number of hydrogen-bond acceptors (Lipinski definition) is 4. The molecule has 2 aliphatic rings. The van der Waals surface area contributed by atoms with Crippen LogP contribution in [0.5, 0.6) is 0 Å². The minimum Gasteiger partial charge on any atom is -0.394 e. The van der Waals surface area contributed by atoms with Crippen molar-refractivity contribution in [1.82, 2.24) is 15.1 Å². The van der Waals surface area contributed by atoms with E-state index in [1.54, 1.807) is 0 Å². The Morgan fingerprint density at radius 3 is 2.47 bits per heavy atom. The number of aliphatic hydroxyl groups excluding tert-OH is 1. The molecule has 1 saturated carbocycles. The molecule has 0 aromatic rings. The summed E-state index contributed by atoms with van der Waals surface area (Å²) < 4.78 is 0. The van der Waals surface area contributed by atoms with Gasteiger partial charge in [-0.25, -0.2) is 0 Å². The monoisotopic (exact) mass is 269 g/mol. The van der Waals surface area contributed by atoms with Gasteiger partial charge >= 0.3 is 0 Å². The first-order valence-corrected chi connectivity index (χ1v) is 7.93. The van der Waals surface area contributed by atoms with Crippen molar-refractivity contribution in [3.05, 3.63) is 0 Å². The summed E-state index contributed by atoms with van der Waals surface area (Å²) in [4.78, 5) is 5.17. The summed E-state index contributed by atoms with van der Waals surface area (Å²) in [5.74, 6) is 0. The van der Waals surface area contributed by atoms with Crippen molar-refractivity contribution >= 4 is 0 Å². The first-order valence-electron chi connectivity index (χ1n) is 7.93. The van der Waals surface area contributed by atoms with Crippen molar-refractivity contribution in [3.63, 3.8) is 0 Å². The molecular formula is C15H31N3O. The van der Waals surface area contributed by atoms with Crippen molar-refractivity contribution in [2.24, 2.45) is 0 Å². The maximum Gasteiger partial charge on any atom is 0.0614 e. The molecular weight excluding hydrogens is 238 g/mol. The van der Waals surface area contributed by atoms with Crippen LogP contribution in [0.25, 0.3) is 0 Å². The molecule has 2 fully saturated rings. The van der Waals surface area contributed by atoms with Gasteiger partial charge in [-0.05, 0) is 25.8 Å². The fourth-order valence-electron chi connectivity index (χ4n) is 3.79. The van der Waals surface area contributed by atoms with Crippen LogP contribution in [0.4, 0.5) is 0 Å². The Kier molecular flexibility index (Phi) is 5.23. The molecule has 1 heterocycles. The number of aliphatic hydroxyl groups is 1. The van der Waals surface area contributed by atoms with Gasteiger partial charge in [0.2, 0.25) is 0 Å². The first-order chi connectivity index (χ1) is 9.08. The molecule has 0 radical (unpaired) electrons. The van der Waals surface area contributed by atoms with Gasteiger partial charge in [0.25, 0.3) is 0 Å². The molecule has 1 aliphatic heterocycles. The molecule has 2 rings (SSSR count). The molecule has 0 spiro atoms. The van der Waals surface area contributed by atoms with Crippen molar-refractivity contribution in [2.75, 3.05) is 39.3 Å². The molecule has 2 unspecified atom stereocenters. The Balaban J connectivity index is 1.87. The zero-order chi connectivity index (χ0) is 13.9. The third kappa shape index (κ3) is 3.69. The molecule has 4 heteroatoms. The smallest absolute Gasteiger partial charge is 0.0614 e. The van der Waals surface area contributed by atoms with E-state index in [0.29, 0.717) is 12.1 Å². The lowest BCUT2D eigenvalue weighted by Crippen LogP contribution is -2.53. The minimum absolute atomic E-state index is 0.0271. The second-order valence-electron chi connectivity index (χ2n) is 6.60. The van der Waals surface area contributed by atoms with Gasteiger partial charge < -0.3 is 15.3 Å². The van der Waals surface area contributed by atoms with Gasteiger partial charge in [0.05, 0.1) is 6.61 Å². The van der Waals surface area contributed by atoms with E-state index in [1.165, 1.54) is 39.1 Å². The van der Waals surface area contributed by atoms with Crippen molar-refractivity contribution in [3.8, 4) is 0 Å². The van der Waals surface area contributed by atoms with E-state index in [-0.39, 0.29) is 12.1 Å². The summed E-state index contributed by atoms with van der Waals surface area (Å²) in [6.07, 6.45) is 3.44. The third-order valence-corrected chi connectivity index (χ3v) is 4.85. The molecule has 0 bridgehead atoms. The predicted molar refractivity (Wildman–Crippen MR) is 79.4 cm³/mol. The van der Waals surface area contributed by atoms with E-state index in [9.17, 15) is 5.11 Å². The van der Waals surface area contributed by atoms with Crippen LogP contribution < -0.4 is 5.32 Å². The normalized spacial score (nSPS) is 34.3. The van der Waals surface area contributed by atoms with Crippen LogP contribution >= 0.6 is 0 Å². The Morgan fingerprint density at radius 1 is 1.26 bits per heavy atom. The fourth-order valence-corrected chi connectivity index (χ4v) is 3.79. The maximum absolute atomic E-state index is 9.77. The summed E-state index contributed by atoms with van der Waals surface area (Å²) in [5, 5.41) is 13.4. The first kappa shape index (κ1) is 15.2. The van der Waals surface area contributed by atoms with Gasteiger partial charge in [0.15, 0.2) is 0 Å². The van der Waals surface area contributed by atoms with Gasteiger partial charge in [-0.15, -0.1) is 0 Å². The lowest BCUT2D eigenvalue weighted by atomic mass is 9.97. The highest BCUT2D eigenvalue weighted by Crippen LogP contribution is 2.33. The van der Waals surface area contributed by atoms with Crippen LogP contribution in [0, 0.1) is 0 Å². The highest BCUT2D eigenvalue weighted by atomic mass is 16.3. The Labute approximate surface area is 118 Å². The predicted octanol–water partition coefficient (Wildman–Crippen LogP) is 0.906. The SMILES string of the molecule is CCN1CCN(C2CCC(CO)(NC(C)C)C2)CC1. The molecule has 2 N–H and O–H groups in total. The number of nitrogens with one attached hydrogen (secondary N) is 1. The Bertz CT molecular complexity index is 277. The number of nitrogens with zero attached hydrogens (tertiary/aromatic N) is 2. The summed E-state index contributed by atoms with van der Waals surface area (Å²) in [7, 11) is 0. The average Bonchev–Trinajstić information content (AvgIpc) is 2.83. The Morgan fingerprint density at radius 2 is 1.95 bits per heavy atom. The number of hydrogen-bond donors (Lipinski definition) is 2. The molecule has 1 saturated heterocycles. The summed E-state index contributed by atoms with van der Waals surface area (Å²) in [5.41, 5.74) is -0.0271. The van der Waals surface area contributed by atoms with Crippen molar-refractivity contribution in [1.29, 1.82) is 0 Å². The van der Waals surface area contributed by atoms with E-state index in [1.807, 2.05) is 0 Å². The van der Waals surface area contributed by atoms with E-state index < -0.39 is 0 Å². The molecule has 2 atom stereocenters. The summed E-state index contributed by atoms with van der Waals surface area (Å²) in [6, 6.07) is 1.11.